The molecule has 122 valence electrons. The lowest BCUT2D eigenvalue weighted by Gasteiger charge is -2.16. The molecule has 5 nitrogen and oxygen atoms in total. The summed E-state index contributed by atoms with van der Waals surface area (Å²) in [4.78, 5) is 23.6. The number of ether oxygens (including phenoxy) is 2. The van der Waals surface area contributed by atoms with Gasteiger partial charge in [0.05, 0.1) is 6.10 Å². The topological polar surface area (TPSA) is 65.7 Å². The van der Waals surface area contributed by atoms with E-state index in [0.717, 1.165) is 42.2 Å². The van der Waals surface area contributed by atoms with Crippen LogP contribution in [0.5, 0.6) is 5.75 Å². The minimum Gasteiger partial charge on any atom is -0.482 e. The molecule has 1 heterocycles. The van der Waals surface area contributed by atoms with Crippen LogP contribution in [0.15, 0.2) is 27.4 Å². The van der Waals surface area contributed by atoms with Crippen LogP contribution in [-0.2, 0) is 22.4 Å². The Balaban J connectivity index is 1.85. The molecule has 1 aliphatic rings. The molecule has 23 heavy (non-hydrogen) atoms. The molecule has 0 bridgehead atoms. The van der Waals surface area contributed by atoms with Gasteiger partial charge < -0.3 is 13.9 Å². The zero-order valence-electron chi connectivity index (χ0n) is 13.4. The second-order valence-corrected chi connectivity index (χ2v) is 6.04. The molecule has 0 fully saturated rings. The van der Waals surface area contributed by atoms with E-state index in [9.17, 15) is 9.59 Å². The highest BCUT2D eigenvalue weighted by Crippen LogP contribution is 2.29. The predicted molar refractivity (Wildman–Crippen MR) is 85.8 cm³/mol. The number of rotatable bonds is 4. The Kier molecular flexibility index (Phi) is 4.37. The Morgan fingerprint density at radius 1 is 1.22 bits per heavy atom. The molecule has 0 saturated carbocycles. The van der Waals surface area contributed by atoms with E-state index >= 15 is 0 Å². The van der Waals surface area contributed by atoms with Crippen LogP contribution in [0.4, 0.5) is 0 Å². The number of carbonyl (C=O) groups is 1. The molecule has 1 aliphatic carbocycles. The molecule has 0 amide bonds. The highest BCUT2D eigenvalue weighted by Gasteiger charge is 2.18. The maximum absolute atomic E-state index is 12.1. The third kappa shape index (κ3) is 3.38. The van der Waals surface area contributed by atoms with Gasteiger partial charge in [0.2, 0.25) is 0 Å². The highest BCUT2D eigenvalue weighted by molar-refractivity contribution is 5.83. The summed E-state index contributed by atoms with van der Waals surface area (Å²) in [6.07, 6.45) is 3.63. The number of carbonyl (C=O) groups excluding carboxylic acids is 1. The molecule has 5 heteroatoms. The van der Waals surface area contributed by atoms with Crippen molar-refractivity contribution in [1.29, 1.82) is 0 Å². The fourth-order valence-corrected chi connectivity index (χ4v) is 2.95. The fourth-order valence-electron chi connectivity index (χ4n) is 2.95. The van der Waals surface area contributed by atoms with Gasteiger partial charge in [-0.2, -0.15) is 0 Å². The Morgan fingerprint density at radius 3 is 2.70 bits per heavy atom. The lowest BCUT2D eigenvalue weighted by Crippen LogP contribution is -2.18. The number of hydrogen-bond donors (Lipinski definition) is 0. The minimum absolute atomic E-state index is 0.168. The van der Waals surface area contributed by atoms with Crippen molar-refractivity contribution in [2.75, 3.05) is 6.61 Å². The minimum atomic E-state index is -0.424. The van der Waals surface area contributed by atoms with E-state index in [0.29, 0.717) is 11.3 Å². The SMILES string of the molecule is CC(C)OC(=O)COc1ccc2c3c(c(=O)oc2c1)CCCC3. The molecular formula is C18H20O5. The maximum atomic E-state index is 12.1. The van der Waals surface area contributed by atoms with Gasteiger partial charge in [-0.25, -0.2) is 9.59 Å². The maximum Gasteiger partial charge on any atom is 0.344 e. The summed E-state index contributed by atoms with van der Waals surface area (Å²) in [5, 5.41) is 0.955. The molecule has 1 aromatic carbocycles. The van der Waals surface area contributed by atoms with Crippen LogP contribution in [-0.4, -0.2) is 18.7 Å². The zero-order valence-corrected chi connectivity index (χ0v) is 13.4. The largest absolute Gasteiger partial charge is 0.482 e. The first-order valence-corrected chi connectivity index (χ1v) is 7.95. The first-order chi connectivity index (χ1) is 11.0. The van der Waals surface area contributed by atoms with Gasteiger partial charge in [-0.15, -0.1) is 0 Å². The van der Waals surface area contributed by atoms with Crippen LogP contribution >= 0.6 is 0 Å². The molecule has 0 aliphatic heterocycles. The van der Waals surface area contributed by atoms with Gasteiger partial charge in [-0.1, -0.05) is 0 Å². The third-order valence-corrected chi connectivity index (χ3v) is 3.92. The summed E-state index contributed by atoms with van der Waals surface area (Å²) in [6.45, 7) is 3.40. The van der Waals surface area contributed by atoms with Crippen molar-refractivity contribution >= 4 is 16.9 Å². The van der Waals surface area contributed by atoms with Gasteiger partial charge in [-0.05, 0) is 57.2 Å². The van der Waals surface area contributed by atoms with Crippen LogP contribution in [0.2, 0.25) is 0 Å². The van der Waals surface area contributed by atoms with Crippen molar-refractivity contribution < 1.29 is 18.7 Å². The van der Waals surface area contributed by atoms with Crippen molar-refractivity contribution in [3.8, 4) is 5.75 Å². The van der Waals surface area contributed by atoms with E-state index in [1.165, 1.54) is 0 Å². The average Bonchev–Trinajstić information content (AvgIpc) is 2.52. The number of fused-ring (bicyclic) bond motifs is 3. The molecule has 0 N–H and O–H groups in total. The van der Waals surface area contributed by atoms with E-state index < -0.39 is 5.97 Å². The van der Waals surface area contributed by atoms with Gasteiger partial charge in [0.25, 0.3) is 0 Å². The molecule has 0 atom stereocenters. The second kappa shape index (κ2) is 6.44. The van der Waals surface area contributed by atoms with E-state index in [1.807, 2.05) is 6.07 Å². The van der Waals surface area contributed by atoms with Crippen LogP contribution in [0.3, 0.4) is 0 Å². The van der Waals surface area contributed by atoms with Crippen LogP contribution in [0.25, 0.3) is 11.0 Å². The van der Waals surface area contributed by atoms with Crippen molar-refractivity contribution in [1.82, 2.24) is 0 Å². The van der Waals surface area contributed by atoms with Crippen molar-refractivity contribution in [3.05, 3.63) is 39.7 Å². The van der Waals surface area contributed by atoms with Crippen molar-refractivity contribution in [2.45, 2.75) is 45.6 Å². The number of aryl methyl sites for hydroxylation is 1. The number of benzene rings is 1. The predicted octanol–water partition coefficient (Wildman–Crippen LogP) is 3.00. The van der Waals surface area contributed by atoms with Gasteiger partial charge in [0.1, 0.15) is 11.3 Å². The molecule has 2 aromatic rings. The lowest BCUT2D eigenvalue weighted by atomic mass is 9.91. The van der Waals surface area contributed by atoms with Gasteiger partial charge in [-0.3, -0.25) is 0 Å². The first kappa shape index (κ1) is 15.6. The summed E-state index contributed by atoms with van der Waals surface area (Å²) in [7, 11) is 0. The second-order valence-electron chi connectivity index (χ2n) is 6.04. The van der Waals surface area contributed by atoms with E-state index in [1.54, 1.807) is 26.0 Å². The quantitative estimate of drug-likeness (QED) is 0.641. The van der Waals surface area contributed by atoms with Gasteiger partial charge >= 0.3 is 11.6 Å². The normalized spacial score (nSPS) is 13.9. The number of esters is 1. The fraction of sp³-hybridized carbons (Fsp3) is 0.444. The summed E-state index contributed by atoms with van der Waals surface area (Å²) in [6, 6.07) is 5.35. The molecular weight excluding hydrogens is 296 g/mol. The van der Waals surface area contributed by atoms with Gasteiger partial charge in [0, 0.05) is 17.0 Å². The lowest BCUT2D eigenvalue weighted by molar-refractivity contribution is -0.149. The first-order valence-electron chi connectivity index (χ1n) is 7.95. The van der Waals surface area contributed by atoms with Crippen molar-refractivity contribution in [2.24, 2.45) is 0 Å². The van der Waals surface area contributed by atoms with E-state index in [4.69, 9.17) is 13.9 Å². The summed E-state index contributed by atoms with van der Waals surface area (Å²) >= 11 is 0. The molecule has 0 spiro atoms. The molecule has 0 saturated heterocycles. The Bertz CT molecular complexity index is 788. The highest BCUT2D eigenvalue weighted by atomic mass is 16.6. The summed E-state index contributed by atoms with van der Waals surface area (Å²) in [5.74, 6) is 0.0594. The monoisotopic (exact) mass is 316 g/mol. The molecule has 3 rings (SSSR count). The van der Waals surface area contributed by atoms with Gasteiger partial charge in [0.15, 0.2) is 6.61 Å². The Morgan fingerprint density at radius 2 is 1.96 bits per heavy atom. The van der Waals surface area contributed by atoms with Crippen molar-refractivity contribution in [3.63, 3.8) is 0 Å². The van der Waals surface area contributed by atoms with E-state index in [2.05, 4.69) is 0 Å². The van der Waals surface area contributed by atoms with E-state index in [-0.39, 0.29) is 18.3 Å². The average molecular weight is 316 g/mol. The summed E-state index contributed by atoms with van der Waals surface area (Å²) in [5.41, 5.74) is 2.14. The zero-order chi connectivity index (χ0) is 16.4. The van der Waals surface area contributed by atoms with Crippen LogP contribution in [0, 0.1) is 0 Å². The number of hydrogen-bond acceptors (Lipinski definition) is 5. The smallest absolute Gasteiger partial charge is 0.344 e. The third-order valence-electron chi connectivity index (χ3n) is 3.92. The standard InChI is InChI=1S/C18H20O5/c1-11(2)22-17(19)10-21-12-7-8-14-13-5-3-4-6-15(13)18(20)23-16(14)9-12/h7-9,11H,3-6,10H2,1-2H3. The van der Waals surface area contributed by atoms with Crippen LogP contribution < -0.4 is 10.4 Å². The molecule has 0 unspecified atom stereocenters. The molecule has 0 radical (unpaired) electrons. The molecule has 1 aromatic heterocycles. The Labute approximate surface area is 134 Å². The summed E-state index contributed by atoms with van der Waals surface area (Å²) < 4.78 is 15.9. The Hall–Kier alpha value is -2.30. The van der Waals surface area contributed by atoms with Crippen LogP contribution in [0.1, 0.15) is 37.8 Å².